The number of aryl methyl sites for hydroxylation is 1. The Morgan fingerprint density at radius 2 is 2.00 bits per heavy atom. The van der Waals surface area contributed by atoms with Gasteiger partial charge in [-0.05, 0) is 25.1 Å². The van der Waals surface area contributed by atoms with Crippen LogP contribution in [-0.2, 0) is 0 Å². The molecular formula is C15H13ClN2O. The van der Waals surface area contributed by atoms with Gasteiger partial charge in [0.25, 0.3) is 5.91 Å². The Labute approximate surface area is 116 Å². The highest BCUT2D eigenvalue weighted by molar-refractivity contribution is 6.33. The zero-order chi connectivity index (χ0) is 13.7. The van der Waals surface area contributed by atoms with Crippen LogP contribution in [0.25, 0.3) is 0 Å². The van der Waals surface area contributed by atoms with E-state index in [1.807, 2.05) is 37.3 Å². The smallest absolute Gasteiger partial charge is 0.267 e. The molecule has 96 valence electrons. The first-order valence-electron chi connectivity index (χ1n) is 5.81. The lowest BCUT2D eigenvalue weighted by atomic mass is 10.1. The van der Waals surface area contributed by atoms with Crippen LogP contribution < -0.4 is 5.43 Å². The van der Waals surface area contributed by atoms with Gasteiger partial charge in [-0.25, -0.2) is 5.43 Å². The molecule has 2 aromatic rings. The van der Waals surface area contributed by atoms with Gasteiger partial charge in [-0.2, -0.15) is 5.10 Å². The zero-order valence-corrected chi connectivity index (χ0v) is 11.2. The molecule has 0 unspecified atom stereocenters. The van der Waals surface area contributed by atoms with Crippen molar-refractivity contribution in [1.29, 1.82) is 0 Å². The number of benzene rings is 2. The van der Waals surface area contributed by atoms with Gasteiger partial charge in [-0.1, -0.05) is 47.5 Å². The zero-order valence-electron chi connectivity index (χ0n) is 10.4. The van der Waals surface area contributed by atoms with Gasteiger partial charge in [-0.15, -0.1) is 0 Å². The predicted molar refractivity (Wildman–Crippen MR) is 77.7 cm³/mol. The molecule has 0 aliphatic carbocycles. The lowest BCUT2D eigenvalue weighted by molar-refractivity contribution is 0.0955. The number of carbonyl (C=O) groups is 1. The molecule has 0 aliphatic rings. The molecule has 0 heterocycles. The highest BCUT2D eigenvalue weighted by atomic mass is 35.5. The Balaban J connectivity index is 2.03. The van der Waals surface area contributed by atoms with E-state index >= 15 is 0 Å². The third-order valence-corrected chi connectivity index (χ3v) is 2.90. The topological polar surface area (TPSA) is 41.5 Å². The van der Waals surface area contributed by atoms with E-state index in [1.165, 1.54) is 6.21 Å². The summed E-state index contributed by atoms with van der Waals surface area (Å²) in [6.07, 6.45) is 1.52. The van der Waals surface area contributed by atoms with E-state index in [0.29, 0.717) is 10.6 Å². The summed E-state index contributed by atoms with van der Waals surface area (Å²) < 4.78 is 0. The van der Waals surface area contributed by atoms with Crippen molar-refractivity contribution >= 4 is 23.7 Å². The molecule has 0 fully saturated rings. The van der Waals surface area contributed by atoms with Gasteiger partial charge in [0.1, 0.15) is 0 Å². The number of rotatable bonds is 3. The second-order valence-corrected chi connectivity index (χ2v) is 4.50. The Morgan fingerprint density at radius 3 is 2.74 bits per heavy atom. The summed E-state index contributed by atoms with van der Waals surface area (Å²) in [6, 6.07) is 14.6. The summed E-state index contributed by atoms with van der Waals surface area (Å²) in [5.74, 6) is -0.244. The van der Waals surface area contributed by atoms with E-state index < -0.39 is 0 Å². The van der Waals surface area contributed by atoms with Crippen LogP contribution >= 0.6 is 11.6 Å². The fourth-order valence-corrected chi connectivity index (χ4v) is 1.78. The number of amides is 1. The Kier molecular flexibility index (Phi) is 4.31. The van der Waals surface area contributed by atoms with Crippen LogP contribution in [0.3, 0.4) is 0 Å². The van der Waals surface area contributed by atoms with E-state index in [-0.39, 0.29) is 5.91 Å². The lowest BCUT2D eigenvalue weighted by Gasteiger charge is -2.01. The van der Waals surface area contributed by atoms with Gasteiger partial charge in [0.2, 0.25) is 0 Å². The van der Waals surface area contributed by atoms with Crippen LogP contribution in [0.15, 0.2) is 53.6 Å². The first kappa shape index (κ1) is 13.3. The first-order chi connectivity index (χ1) is 9.16. The van der Waals surface area contributed by atoms with Gasteiger partial charge < -0.3 is 0 Å². The van der Waals surface area contributed by atoms with E-state index in [9.17, 15) is 4.79 Å². The third kappa shape index (κ3) is 3.66. The minimum Gasteiger partial charge on any atom is -0.267 e. The van der Waals surface area contributed by atoms with Gasteiger partial charge in [0.05, 0.1) is 6.21 Å². The van der Waals surface area contributed by atoms with Gasteiger partial charge in [0.15, 0.2) is 0 Å². The Morgan fingerprint density at radius 1 is 1.21 bits per heavy atom. The molecular weight excluding hydrogens is 260 g/mol. The molecule has 0 saturated heterocycles. The largest absolute Gasteiger partial charge is 0.271 e. The van der Waals surface area contributed by atoms with Crippen molar-refractivity contribution in [2.24, 2.45) is 5.10 Å². The molecule has 4 heteroatoms. The average molecular weight is 273 g/mol. The minimum absolute atomic E-state index is 0.244. The maximum absolute atomic E-state index is 11.8. The molecule has 0 bridgehead atoms. The number of carbonyl (C=O) groups excluding carboxylic acids is 1. The van der Waals surface area contributed by atoms with Crippen LogP contribution in [0, 0.1) is 6.92 Å². The van der Waals surface area contributed by atoms with E-state index in [2.05, 4.69) is 10.5 Å². The standard InChI is InChI=1S/C15H13ClN2O/c1-11-5-4-7-12(9-11)15(19)18-17-10-13-6-2-3-8-14(13)16/h2-10H,1H3,(H,18,19)/b17-10-. The number of hydrogen-bond donors (Lipinski definition) is 1. The van der Waals surface area contributed by atoms with Crippen LogP contribution in [0.5, 0.6) is 0 Å². The predicted octanol–water partition coefficient (Wildman–Crippen LogP) is 3.41. The number of halogens is 1. The van der Waals surface area contributed by atoms with Gasteiger partial charge in [-0.3, -0.25) is 4.79 Å². The summed E-state index contributed by atoms with van der Waals surface area (Å²) >= 11 is 5.97. The number of hydrogen-bond acceptors (Lipinski definition) is 2. The van der Waals surface area contributed by atoms with E-state index in [0.717, 1.165) is 11.1 Å². The fraction of sp³-hybridized carbons (Fsp3) is 0.0667. The van der Waals surface area contributed by atoms with Crippen molar-refractivity contribution < 1.29 is 4.79 Å². The number of nitrogens with zero attached hydrogens (tertiary/aromatic N) is 1. The molecule has 2 aromatic carbocycles. The van der Waals surface area contributed by atoms with Crippen molar-refractivity contribution in [2.75, 3.05) is 0 Å². The molecule has 2 rings (SSSR count). The van der Waals surface area contributed by atoms with Crippen molar-refractivity contribution in [3.63, 3.8) is 0 Å². The number of hydrazone groups is 1. The highest BCUT2D eigenvalue weighted by Crippen LogP contribution is 2.12. The first-order valence-corrected chi connectivity index (χ1v) is 6.19. The molecule has 0 aliphatic heterocycles. The van der Waals surface area contributed by atoms with Crippen molar-refractivity contribution in [3.8, 4) is 0 Å². The second-order valence-electron chi connectivity index (χ2n) is 4.09. The monoisotopic (exact) mass is 272 g/mol. The molecule has 0 saturated carbocycles. The quantitative estimate of drug-likeness (QED) is 0.675. The summed E-state index contributed by atoms with van der Waals surface area (Å²) in [6.45, 7) is 1.93. The van der Waals surface area contributed by atoms with Crippen LogP contribution in [0.1, 0.15) is 21.5 Å². The Hall–Kier alpha value is -2.13. The van der Waals surface area contributed by atoms with Crippen LogP contribution in [0.2, 0.25) is 5.02 Å². The molecule has 19 heavy (non-hydrogen) atoms. The molecule has 0 atom stereocenters. The molecule has 0 spiro atoms. The van der Waals surface area contributed by atoms with E-state index in [1.54, 1.807) is 18.2 Å². The summed E-state index contributed by atoms with van der Waals surface area (Å²) in [5, 5.41) is 4.49. The maximum atomic E-state index is 11.8. The minimum atomic E-state index is -0.244. The van der Waals surface area contributed by atoms with Crippen molar-refractivity contribution in [1.82, 2.24) is 5.43 Å². The SMILES string of the molecule is Cc1cccc(C(=O)N/N=C\c2ccccc2Cl)c1. The third-order valence-electron chi connectivity index (χ3n) is 2.56. The van der Waals surface area contributed by atoms with Gasteiger partial charge in [0, 0.05) is 16.1 Å². The second kappa shape index (κ2) is 6.16. The van der Waals surface area contributed by atoms with Crippen molar-refractivity contribution in [2.45, 2.75) is 6.92 Å². The molecule has 0 aromatic heterocycles. The molecule has 3 nitrogen and oxygen atoms in total. The highest BCUT2D eigenvalue weighted by Gasteiger charge is 2.03. The van der Waals surface area contributed by atoms with Gasteiger partial charge >= 0.3 is 0 Å². The fourth-order valence-electron chi connectivity index (χ4n) is 1.59. The van der Waals surface area contributed by atoms with Crippen molar-refractivity contribution in [3.05, 3.63) is 70.2 Å². The summed E-state index contributed by atoms with van der Waals surface area (Å²) in [7, 11) is 0. The molecule has 1 amide bonds. The molecule has 1 N–H and O–H groups in total. The summed E-state index contributed by atoms with van der Waals surface area (Å²) in [4.78, 5) is 11.8. The van der Waals surface area contributed by atoms with Crippen LogP contribution in [-0.4, -0.2) is 12.1 Å². The average Bonchev–Trinajstić information content (AvgIpc) is 2.41. The normalized spacial score (nSPS) is 10.6. The number of nitrogens with one attached hydrogen (secondary N) is 1. The van der Waals surface area contributed by atoms with Crippen LogP contribution in [0.4, 0.5) is 0 Å². The summed E-state index contributed by atoms with van der Waals surface area (Å²) in [5.41, 5.74) is 4.84. The van der Waals surface area contributed by atoms with E-state index in [4.69, 9.17) is 11.6 Å². The maximum Gasteiger partial charge on any atom is 0.271 e. The Bertz CT molecular complexity index is 623. The molecule has 0 radical (unpaired) electrons. The lowest BCUT2D eigenvalue weighted by Crippen LogP contribution is -2.17.